The highest BCUT2D eigenvalue weighted by molar-refractivity contribution is 5.76. The normalized spacial score (nSPS) is 22.1. The Kier molecular flexibility index (Phi) is 3.35. The highest BCUT2D eigenvalue weighted by Crippen LogP contribution is 2.30. The van der Waals surface area contributed by atoms with Crippen LogP contribution in [0.4, 0.5) is 0 Å². The largest absolute Gasteiger partial charge is 0.353 e. The van der Waals surface area contributed by atoms with Gasteiger partial charge in [-0.05, 0) is 50.7 Å². The van der Waals surface area contributed by atoms with E-state index in [-0.39, 0.29) is 11.9 Å². The number of nitrogens with one attached hydrogen (secondary N) is 1. The molecule has 1 atom stereocenters. The summed E-state index contributed by atoms with van der Waals surface area (Å²) in [5.74, 6) is 0.185. The minimum atomic E-state index is 0.184. The third kappa shape index (κ3) is 2.68. The summed E-state index contributed by atoms with van der Waals surface area (Å²) in [6.07, 6.45) is 6.22. The van der Waals surface area contributed by atoms with Crippen molar-refractivity contribution in [3.63, 3.8) is 0 Å². The minimum Gasteiger partial charge on any atom is -0.353 e. The van der Waals surface area contributed by atoms with Gasteiger partial charge in [-0.25, -0.2) is 0 Å². The molecule has 1 unspecified atom stereocenters. The molecule has 1 amide bonds. The van der Waals surface area contributed by atoms with Crippen molar-refractivity contribution in [1.82, 2.24) is 9.88 Å². The molecule has 0 aliphatic heterocycles. The molecule has 0 spiro atoms. The van der Waals surface area contributed by atoms with E-state index in [4.69, 9.17) is 5.73 Å². The van der Waals surface area contributed by atoms with Gasteiger partial charge in [0.15, 0.2) is 0 Å². The number of fused-ring (bicyclic) bond motifs is 1. The Hall–Kier alpha value is -1.29. The van der Waals surface area contributed by atoms with Crippen LogP contribution >= 0.6 is 0 Å². The van der Waals surface area contributed by atoms with E-state index in [1.165, 1.54) is 17.0 Å². The van der Waals surface area contributed by atoms with E-state index in [0.717, 1.165) is 38.6 Å². The molecule has 1 heterocycles. The van der Waals surface area contributed by atoms with Gasteiger partial charge in [0.1, 0.15) is 0 Å². The molecule has 0 radical (unpaired) electrons. The molecule has 19 heavy (non-hydrogen) atoms. The predicted octanol–water partition coefficient (Wildman–Crippen LogP) is 1.80. The van der Waals surface area contributed by atoms with Crippen molar-refractivity contribution in [3.8, 4) is 0 Å². The third-order valence-electron chi connectivity index (χ3n) is 4.28. The predicted molar refractivity (Wildman–Crippen MR) is 74.8 cm³/mol. The smallest absolute Gasteiger partial charge is 0.222 e. The number of carbonyl (C=O) groups excluding carboxylic acids is 1. The molecule has 1 fully saturated rings. The standard InChI is InChI=1S/C15H23N3O/c1-10-9-12-13(16)3-2-4-14(12)18(10)8-7-15(19)17-11-5-6-11/h9,11,13H,2-8,16H2,1H3,(H,17,19). The second-order valence-electron chi connectivity index (χ2n) is 5.93. The summed E-state index contributed by atoms with van der Waals surface area (Å²) < 4.78 is 2.29. The lowest BCUT2D eigenvalue weighted by Crippen LogP contribution is -2.27. The van der Waals surface area contributed by atoms with Crippen LogP contribution in [0.3, 0.4) is 0 Å². The summed E-state index contributed by atoms with van der Waals surface area (Å²) in [6.45, 7) is 2.90. The van der Waals surface area contributed by atoms with Crippen LogP contribution in [0.2, 0.25) is 0 Å². The SMILES string of the molecule is Cc1cc2c(n1CCC(=O)NC1CC1)CCCC2N. The van der Waals surface area contributed by atoms with Crippen molar-refractivity contribution >= 4 is 5.91 Å². The van der Waals surface area contributed by atoms with E-state index in [2.05, 4.69) is 22.9 Å². The molecule has 3 N–H and O–H groups in total. The molecule has 2 aliphatic carbocycles. The second-order valence-corrected chi connectivity index (χ2v) is 5.93. The van der Waals surface area contributed by atoms with Crippen molar-refractivity contribution < 1.29 is 4.79 Å². The van der Waals surface area contributed by atoms with Gasteiger partial charge in [0.25, 0.3) is 0 Å². The third-order valence-corrected chi connectivity index (χ3v) is 4.28. The zero-order valence-electron chi connectivity index (χ0n) is 11.6. The van der Waals surface area contributed by atoms with Gasteiger partial charge < -0.3 is 15.6 Å². The summed E-state index contributed by atoms with van der Waals surface area (Å²) in [6, 6.07) is 2.85. The fourth-order valence-corrected chi connectivity index (χ4v) is 3.05. The van der Waals surface area contributed by atoms with E-state index in [0.29, 0.717) is 12.5 Å². The fourth-order valence-electron chi connectivity index (χ4n) is 3.05. The Bertz CT molecular complexity index is 488. The van der Waals surface area contributed by atoms with Crippen LogP contribution in [0.1, 0.15) is 55.1 Å². The van der Waals surface area contributed by atoms with Crippen molar-refractivity contribution in [3.05, 3.63) is 23.0 Å². The summed E-state index contributed by atoms with van der Waals surface area (Å²) >= 11 is 0. The first kappa shape index (κ1) is 12.7. The van der Waals surface area contributed by atoms with E-state index in [1.54, 1.807) is 0 Å². The molecule has 0 saturated heterocycles. The monoisotopic (exact) mass is 261 g/mol. The van der Waals surface area contributed by atoms with Crippen molar-refractivity contribution in [1.29, 1.82) is 0 Å². The number of rotatable bonds is 4. The molecular formula is C15H23N3O. The van der Waals surface area contributed by atoms with Crippen LogP contribution in [0.25, 0.3) is 0 Å². The number of nitrogens with zero attached hydrogens (tertiary/aromatic N) is 1. The lowest BCUT2D eigenvalue weighted by atomic mass is 9.93. The van der Waals surface area contributed by atoms with Crippen molar-refractivity contribution in [2.45, 2.75) is 64.1 Å². The van der Waals surface area contributed by atoms with E-state index in [1.807, 2.05) is 0 Å². The molecule has 0 bridgehead atoms. The van der Waals surface area contributed by atoms with E-state index in [9.17, 15) is 4.79 Å². The van der Waals surface area contributed by atoms with Crippen molar-refractivity contribution in [2.24, 2.45) is 5.73 Å². The maximum Gasteiger partial charge on any atom is 0.222 e. The Morgan fingerprint density at radius 3 is 3.00 bits per heavy atom. The molecule has 4 heteroatoms. The minimum absolute atomic E-state index is 0.184. The zero-order valence-corrected chi connectivity index (χ0v) is 11.6. The Morgan fingerprint density at radius 1 is 1.47 bits per heavy atom. The first-order valence-corrected chi connectivity index (χ1v) is 7.39. The molecule has 2 aliphatic rings. The summed E-state index contributed by atoms with van der Waals surface area (Å²) in [7, 11) is 0. The second kappa shape index (κ2) is 5.00. The Morgan fingerprint density at radius 2 is 2.26 bits per heavy atom. The molecular weight excluding hydrogens is 238 g/mol. The van der Waals surface area contributed by atoms with Gasteiger partial charge in [0, 0.05) is 36.4 Å². The lowest BCUT2D eigenvalue weighted by molar-refractivity contribution is -0.121. The van der Waals surface area contributed by atoms with Gasteiger partial charge in [-0.3, -0.25) is 4.79 Å². The van der Waals surface area contributed by atoms with Gasteiger partial charge in [0.2, 0.25) is 5.91 Å². The number of hydrogen-bond donors (Lipinski definition) is 2. The number of hydrogen-bond acceptors (Lipinski definition) is 2. The maximum atomic E-state index is 11.8. The zero-order chi connectivity index (χ0) is 13.4. The van der Waals surface area contributed by atoms with E-state index >= 15 is 0 Å². The Labute approximate surface area is 114 Å². The first-order chi connectivity index (χ1) is 9.15. The lowest BCUT2D eigenvalue weighted by Gasteiger charge is -2.21. The van der Waals surface area contributed by atoms with Gasteiger partial charge in [0.05, 0.1) is 0 Å². The average molecular weight is 261 g/mol. The number of nitrogens with two attached hydrogens (primary N) is 1. The Balaban J connectivity index is 1.68. The van der Waals surface area contributed by atoms with E-state index < -0.39 is 0 Å². The average Bonchev–Trinajstić information content (AvgIpc) is 3.11. The topological polar surface area (TPSA) is 60.0 Å². The first-order valence-electron chi connectivity index (χ1n) is 7.39. The highest BCUT2D eigenvalue weighted by atomic mass is 16.1. The summed E-state index contributed by atoms with van der Waals surface area (Å²) in [5, 5.41) is 3.05. The van der Waals surface area contributed by atoms with Crippen LogP contribution in [-0.4, -0.2) is 16.5 Å². The van der Waals surface area contributed by atoms with Gasteiger partial charge >= 0.3 is 0 Å². The van der Waals surface area contributed by atoms with Crippen LogP contribution in [0, 0.1) is 6.92 Å². The van der Waals surface area contributed by atoms with Gasteiger partial charge in [-0.15, -0.1) is 0 Å². The van der Waals surface area contributed by atoms with Crippen molar-refractivity contribution in [2.75, 3.05) is 0 Å². The number of carbonyl (C=O) groups is 1. The molecule has 1 aromatic heterocycles. The molecule has 1 aromatic rings. The van der Waals surface area contributed by atoms with Gasteiger partial charge in [-0.2, -0.15) is 0 Å². The number of amides is 1. The summed E-state index contributed by atoms with van der Waals surface area (Å²) in [4.78, 5) is 11.8. The van der Waals surface area contributed by atoms with Crippen LogP contribution < -0.4 is 11.1 Å². The highest BCUT2D eigenvalue weighted by Gasteiger charge is 2.24. The molecule has 104 valence electrons. The fraction of sp³-hybridized carbons (Fsp3) is 0.667. The molecule has 0 aromatic carbocycles. The quantitative estimate of drug-likeness (QED) is 0.868. The van der Waals surface area contributed by atoms with Crippen LogP contribution in [0.15, 0.2) is 6.07 Å². The number of aromatic nitrogens is 1. The molecule has 4 nitrogen and oxygen atoms in total. The molecule has 1 saturated carbocycles. The van der Waals surface area contributed by atoms with Crippen LogP contribution in [0.5, 0.6) is 0 Å². The van der Waals surface area contributed by atoms with Gasteiger partial charge in [-0.1, -0.05) is 0 Å². The summed E-state index contributed by atoms with van der Waals surface area (Å²) in [5.41, 5.74) is 10.1. The van der Waals surface area contributed by atoms with Crippen LogP contribution in [-0.2, 0) is 17.8 Å². The maximum absolute atomic E-state index is 11.8. The number of aryl methyl sites for hydroxylation is 1. The molecule has 3 rings (SSSR count).